The lowest BCUT2D eigenvalue weighted by Crippen LogP contribution is -2.34. The summed E-state index contributed by atoms with van der Waals surface area (Å²) in [6, 6.07) is 36.8. The zero-order chi connectivity index (χ0) is 27.1. The van der Waals surface area contributed by atoms with Crippen LogP contribution in [0.15, 0.2) is 109 Å². The first-order chi connectivity index (χ1) is 19.5. The molecule has 7 rings (SSSR count). The molecule has 6 heteroatoms. The fourth-order valence-electron chi connectivity index (χ4n) is 5.52. The van der Waals surface area contributed by atoms with Crippen LogP contribution in [0.5, 0.6) is 0 Å². The molecule has 0 unspecified atom stereocenters. The van der Waals surface area contributed by atoms with Gasteiger partial charge in [-0.1, -0.05) is 97.1 Å². The lowest BCUT2D eigenvalue weighted by molar-refractivity contribution is -0.220. The number of hydrogen-bond acceptors (Lipinski definition) is 6. The lowest BCUT2D eigenvalue weighted by atomic mass is 9.98. The monoisotopic (exact) mass is 530 g/mol. The van der Waals surface area contributed by atoms with E-state index in [0.29, 0.717) is 12.3 Å². The number of benzene rings is 4. The van der Waals surface area contributed by atoms with Crippen molar-refractivity contribution >= 4 is 11.0 Å². The van der Waals surface area contributed by atoms with Gasteiger partial charge >= 0.3 is 0 Å². The molecule has 0 radical (unpaired) electrons. The molecule has 5 aromatic rings. The number of nitrogens with zero attached hydrogens (tertiary/aromatic N) is 2. The molecule has 0 spiro atoms. The smallest absolute Gasteiger partial charge is 0.190 e. The predicted molar refractivity (Wildman–Crippen MR) is 153 cm³/mol. The number of para-hydroxylation sites is 2. The minimum atomic E-state index is -0.764. The Bertz CT molecular complexity index is 1620. The first-order valence-electron chi connectivity index (χ1n) is 13.6. The van der Waals surface area contributed by atoms with E-state index in [1.54, 1.807) is 0 Å². The molecule has 0 bridgehead atoms. The van der Waals surface area contributed by atoms with Crippen LogP contribution in [0.1, 0.15) is 31.2 Å². The largest absolute Gasteiger partial charge is 0.367 e. The van der Waals surface area contributed by atoms with E-state index in [9.17, 15) is 0 Å². The van der Waals surface area contributed by atoms with E-state index in [-0.39, 0.29) is 0 Å². The zero-order valence-corrected chi connectivity index (χ0v) is 22.4. The normalized spacial score (nSPS) is 23.4. The molecular formula is C34H30N2O4. The molecule has 2 saturated heterocycles. The average molecular weight is 531 g/mol. The van der Waals surface area contributed by atoms with E-state index in [4.69, 9.17) is 28.9 Å². The third-order valence-corrected chi connectivity index (χ3v) is 7.41. The molecule has 2 aliphatic rings. The molecule has 0 N–H and O–H groups in total. The van der Waals surface area contributed by atoms with E-state index < -0.39 is 30.4 Å². The summed E-state index contributed by atoms with van der Waals surface area (Å²) in [5.74, 6) is -0.764. The second-order valence-corrected chi connectivity index (χ2v) is 10.7. The van der Waals surface area contributed by atoms with Gasteiger partial charge in [0.2, 0.25) is 0 Å². The van der Waals surface area contributed by atoms with Crippen LogP contribution in [0.3, 0.4) is 0 Å². The standard InChI is InChI=1S/C34H30N2O4/c1-34(2)39-32-31(37-21-22-11-5-3-6-12-22)30(38-33(32)40-34)29-28(35-26-15-9-10-16-27(26)36-29)25-19-17-24(18-20-25)23-13-7-4-8-14-23/h3-20,30-33H,21H2,1-2H3/t30-,31+,32-,33-/m1/s1. The lowest BCUT2D eigenvalue weighted by Gasteiger charge is -2.27. The van der Waals surface area contributed by atoms with Gasteiger partial charge in [-0.15, -0.1) is 0 Å². The summed E-state index contributed by atoms with van der Waals surface area (Å²) in [6.45, 7) is 4.21. The van der Waals surface area contributed by atoms with Crippen molar-refractivity contribution in [3.8, 4) is 22.4 Å². The molecule has 4 aromatic carbocycles. The second-order valence-electron chi connectivity index (χ2n) is 10.7. The Balaban J connectivity index is 1.30. The van der Waals surface area contributed by atoms with Gasteiger partial charge in [-0.25, -0.2) is 9.97 Å². The number of fused-ring (bicyclic) bond motifs is 2. The summed E-state index contributed by atoms with van der Waals surface area (Å²) >= 11 is 0. The molecule has 3 heterocycles. The minimum Gasteiger partial charge on any atom is -0.367 e. The van der Waals surface area contributed by atoms with Gasteiger partial charge in [0.15, 0.2) is 12.1 Å². The molecule has 4 atom stereocenters. The first-order valence-corrected chi connectivity index (χ1v) is 13.6. The van der Waals surface area contributed by atoms with E-state index >= 15 is 0 Å². The summed E-state index contributed by atoms with van der Waals surface area (Å²) in [5.41, 5.74) is 7.42. The molecule has 2 fully saturated rings. The zero-order valence-electron chi connectivity index (χ0n) is 22.4. The Labute approximate surface area is 233 Å². The van der Waals surface area contributed by atoms with Crippen LogP contribution in [0.2, 0.25) is 0 Å². The van der Waals surface area contributed by atoms with Crippen LogP contribution in [-0.2, 0) is 25.6 Å². The van der Waals surface area contributed by atoms with Crippen molar-refractivity contribution in [2.75, 3.05) is 0 Å². The Kier molecular flexibility index (Phi) is 6.41. The highest BCUT2D eigenvalue weighted by atomic mass is 16.8. The van der Waals surface area contributed by atoms with Crippen LogP contribution >= 0.6 is 0 Å². The van der Waals surface area contributed by atoms with Crippen molar-refractivity contribution in [3.05, 3.63) is 120 Å². The summed E-state index contributed by atoms with van der Waals surface area (Å²) < 4.78 is 25.5. The molecule has 0 aliphatic carbocycles. The van der Waals surface area contributed by atoms with Gasteiger partial charge in [0, 0.05) is 5.56 Å². The SMILES string of the molecule is CC1(C)O[C@H]2O[C@H](c3nc4ccccc4nc3-c3ccc(-c4ccccc4)cc3)[C@H](OCc3ccccc3)[C@H]2O1. The van der Waals surface area contributed by atoms with Gasteiger partial charge in [-0.05, 0) is 42.7 Å². The quantitative estimate of drug-likeness (QED) is 0.233. The highest BCUT2D eigenvalue weighted by molar-refractivity contribution is 5.79. The maximum absolute atomic E-state index is 6.55. The molecule has 40 heavy (non-hydrogen) atoms. The molecule has 200 valence electrons. The second kappa shape index (κ2) is 10.2. The highest BCUT2D eigenvalue weighted by Gasteiger charge is 2.56. The molecule has 1 aromatic heterocycles. The Morgan fingerprint density at radius 2 is 1.27 bits per heavy atom. The van der Waals surface area contributed by atoms with Crippen molar-refractivity contribution in [1.82, 2.24) is 9.97 Å². The van der Waals surface area contributed by atoms with Gasteiger partial charge in [0.1, 0.15) is 18.3 Å². The first kappa shape index (κ1) is 25.1. The third kappa shape index (κ3) is 4.80. The van der Waals surface area contributed by atoms with Crippen molar-refractivity contribution in [2.24, 2.45) is 0 Å². The van der Waals surface area contributed by atoms with E-state index in [1.807, 2.05) is 86.6 Å². The van der Waals surface area contributed by atoms with Gasteiger partial charge in [-0.3, -0.25) is 0 Å². The minimum absolute atomic E-state index is 0.398. The number of hydrogen-bond donors (Lipinski definition) is 0. The fourth-order valence-corrected chi connectivity index (χ4v) is 5.52. The Morgan fingerprint density at radius 1 is 0.675 bits per heavy atom. The maximum atomic E-state index is 6.55. The summed E-state index contributed by atoms with van der Waals surface area (Å²) in [6.07, 6.45) is -1.94. The molecule has 2 aliphatic heterocycles. The van der Waals surface area contributed by atoms with Crippen molar-refractivity contribution < 1.29 is 18.9 Å². The van der Waals surface area contributed by atoms with Gasteiger partial charge < -0.3 is 18.9 Å². The number of ether oxygens (including phenoxy) is 4. The van der Waals surface area contributed by atoms with Gasteiger partial charge in [0.25, 0.3) is 0 Å². The van der Waals surface area contributed by atoms with Crippen LogP contribution in [0.25, 0.3) is 33.4 Å². The Hall–Kier alpha value is -3.94. The fraction of sp³-hybridized carbons (Fsp3) is 0.235. The highest BCUT2D eigenvalue weighted by Crippen LogP contribution is 2.46. The van der Waals surface area contributed by atoms with E-state index in [1.165, 1.54) is 0 Å². The summed E-state index contributed by atoms with van der Waals surface area (Å²) in [4.78, 5) is 10.2. The van der Waals surface area contributed by atoms with Crippen molar-refractivity contribution in [2.45, 2.75) is 50.8 Å². The molecule has 0 amide bonds. The molecular weight excluding hydrogens is 500 g/mol. The van der Waals surface area contributed by atoms with Crippen LogP contribution in [0.4, 0.5) is 0 Å². The third-order valence-electron chi connectivity index (χ3n) is 7.41. The summed E-state index contributed by atoms with van der Waals surface area (Å²) in [7, 11) is 0. The van der Waals surface area contributed by atoms with Crippen LogP contribution < -0.4 is 0 Å². The number of rotatable bonds is 6. The van der Waals surface area contributed by atoms with Crippen LogP contribution in [0, 0.1) is 0 Å². The Morgan fingerprint density at radius 3 is 2.00 bits per heavy atom. The topological polar surface area (TPSA) is 62.7 Å². The number of aromatic nitrogens is 2. The van der Waals surface area contributed by atoms with Gasteiger partial charge in [0.05, 0.1) is 29.0 Å². The van der Waals surface area contributed by atoms with E-state index in [2.05, 4.69) is 36.4 Å². The summed E-state index contributed by atoms with van der Waals surface area (Å²) in [5, 5.41) is 0. The maximum Gasteiger partial charge on any atom is 0.190 e. The predicted octanol–water partition coefficient (Wildman–Crippen LogP) is 7.10. The molecule has 6 nitrogen and oxygen atoms in total. The van der Waals surface area contributed by atoms with E-state index in [0.717, 1.165) is 39.0 Å². The van der Waals surface area contributed by atoms with Gasteiger partial charge in [-0.2, -0.15) is 0 Å². The average Bonchev–Trinajstić information content (AvgIpc) is 3.47. The molecule has 0 saturated carbocycles. The van der Waals surface area contributed by atoms with Crippen LogP contribution in [-0.4, -0.2) is 34.3 Å². The van der Waals surface area contributed by atoms with Crippen molar-refractivity contribution in [1.29, 1.82) is 0 Å². The van der Waals surface area contributed by atoms with Crippen molar-refractivity contribution in [3.63, 3.8) is 0 Å².